The number of aliphatic hydroxyl groups is 1. The lowest BCUT2D eigenvalue weighted by Gasteiger charge is -2.26. The van der Waals surface area contributed by atoms with Gasteiger partial charge in [-0.3, -0.25) is 0 Å². The van der Waals surface area contributed by atoms with Crippen molar-refractivity contribution in [1.29, 1.82) is 0 Å². The molecule has 1 aliphatic carbocycles. The zero-order valence-electron chi connectivity index (χ0n) is 10.8. The van der Waals surface area contributed by atoms with Gasteiger partial charge in [-0.1, -0.05) is 6.07 Å². The van der Waals surface area contributed by atoms with E-state index in [0.717, 1.165) is 30.4 Å². The molecule has 0 radical (unpaired) electrons. The van der Waals surface area contributed by atoms with Crippen LogP contribution in [0, 0.1) is 5.82 Å². The Bertz CT molecular complexity index is 451. The van der Waals surface area contributed by atoms with E-state index in [9.17, 15) is 9.18 Å². The highest BCUT2D eigenvalue weighted by Crippen LogP contribution is 2.29. The Labute approximate surface area is 112 Å². The molecular formula is C14H19FN2O2. The molecule has 1 aromatic rings. The van der Waals surface area contributed by atoms with Crippen LogP contribution >= 0.6 is 0 Å². The number of carbonyl (C=O) groups excluding carboxylic acids is 1. The average molecular weight is 266 g/mol. The van der Waals surface area contributed by atoms with Crippen molar-refractivity contribution in [2.24, 2.45) is 0 Å². The Morgan fingerprint density at radius 3 is 3.11 bits per heavy atom. The van der Waals surface area contributed by atoms with Crippen LogP contribution < -0.4 is 10.6 Å². The fraction of sp³-hybridized carbons (Fsp3) is 0.500. The van der Waals surface area contributed by atoms with E-state index in [1.807, 2.05) is 0 Å². The molecule has 5 heteroatoms. The second kappa shape index (κ2) is 6.52. The Morgan fingerprint density at radius 2 is 2.32 bits per heavy atom. The first-order chi connectivity index (χ1) is 9.20. The first-order valence-electron chi connectivity index (χ1n) is 6.64. The van der Waals surface area contributed by atoms with Crippen LogP contribution in [0.15, 0.2) is 18.2 Å². The highest BCUT2D eigenvalue weighted by Gasteiger charge is 2.21. The third kappa shape index (κ3) is 3.67. The lowest BCUT2D eigenvalue weighted by Crippen LogP contribution is -2.39. The summed E-state index contributed by atoms with van der Waals surface area (Å²) in [4.78, 5) is 11.7. The maximum absolute atomic E-state index is 13.2. The Morgan fingerprint density at radius 1 is 1.47 bits per heavy atom. The van der Waals surface area contributed by atoms with E-state index in [1.54, 1.807) is 12.1 Å². The number of urea groups is 1. The van der Waals surface area contributed by atoms with Crippen molar-refractivity contribution in [2.75, 3.05) is 13.2 Å². The third-order valence-electron chi connectivity index (χ3n) is 3.35. The molecule has 4 nitrogen and oxygen atoms in total. The summed E-state index contributed by atoms with van der Waals surface area (Å²) >= 11 is 0. The predicted octanol–water partition coefficient (Wildman–Crippen LogP) is 1.88. The number of amides is 2. The number of carbonyl (C=O) groups is 1. The predicted molar refractivity (Wildman–Crippen MR) is 70.3 cm³/mol. The third-order valence-corrected chi connectivity index (χ3v) is 3.35. The Balaban J connectivity index is 1.97. The summed E-state index contributed by atoms with van der Waals surface area (Å²) in [6.07, 6.45) is 3.21. The van der Waals surface area contributed by atoms with Gasteiger partial charge in [0.15, 0.2) is 0 Å². The second-order valence-electron chi connectivity index (χ2n) is 4.77. The second-order valence-corrected chi connectivity index (χ2v) is 4.77. The van der Waals surface area contributed by atoms with Gasteiger partial charge in [0, 0.05) is 13.2 Å². The maximum atomic E-state index is 13.2. The molecule has 1 unspecified atom stereocenters. The van der Waals surface area contributed by atoms with Crippen LogP contribution in [0.2, 0.25) is 0 Å². The number of hydrogen-bond acceptors (Lipinski definition) is 2. The Kier molecular flexibility index (Phi) is 4.74. The molecule has 0 saturated carbocycles. The standard InChI is InChI=1S/C14H19FN2O2/c15-11-5-6-12-10(9-11)3-1-4-13(12)17-14(19)16-7-2-8-18/h5-6,9,13,18H,1-4,7-8H2,(H2,16,17,19). The summed E-state index contributed by atoms with van der Waals surface area (Å²) in [5.74, 6) is -0.230. The molecule has 1 atom stereocenters. The largest absolute Gasteiger partial charge is 0.396 e. The minimum Gasteiger partial charge on any atom is -0.396 e. The van der Waals surface area contributed by atoms with Crippen molar-refractivity contribution < 1.29 is 14.3 Å². The van der Waals surface area contributed by atoms with Crippen LogP contribution in [0.1, 0.15) is 36.4 Å². The molecule has 1 aromatic carbocycles. The lowest BCUT2D eigenvalue weighted by atomic mass is 9.88. The molecule has 0 spiro atoms. The van der Waals surface area contributed by atoms with Crippen molar-refractivity contribution >= 4 is 6.03 Å². The van der Waals surface area contributed by atoms with Crippen LogP contribution in [0.3, 0.4) is 0 Å². The minimum atomic E-state index is -0.240. The van der Waals surface area contributed by atoms with E-state index in [4.69, 9.17) is 5.11 Å². The van der Waals surface area contributed by atoms with Gasteiger partial charge >= 0.3 is 6.03 Å². The molecule has 3 N–H and O–H groups in total. The molecule has 0 aromatic heterocycles. The smallest absolute Gasteiger partial charge is 0.315 e. The SMILES string of the molecule is O=C(NCCCO)NC1CCCc2cc(F)ccc21. The average Bonchev–Trinajstić information content (AvgIpc) is 2.39. The topological polar surface area (TPSA) is 61.4 Å². The first-order valence-corrected chi connectivity index (χ1v) is 6.64. The van der Waals surface area contributed by atoms with E-state index in [-0.39, 0.29) is 24.5 Å². The number of nitrogens with one attached hydrogen (secondary N) is 2. The van der Waals surface area contributed by atoms with Gasteiger partial charge in [0.1, 0.15) is 5.82 Å². The van der Waals surface area contributed by atoms with Crippen LogP contribution in [-0.2, 0) is 6.42 Å². The summed E-state index contributed by atoms with van der Waals surface area (Å²) in [6.45, 7) is 0.511. The van der Waals surface area contributed by atoms with E-state index in [1.165, 1.54) is 6.07 Å². The fourth-order valence-corrected chi connectivity index (χ4v) is 2.42. The molecule has 2 rings (SSSR count). The molecule has 0 saturated heterocycles. The molecule has 0 heterocycles. The van der Waals surface area contributed by atoms with Crippen molar-refractivity contribution in [3.8, 4) is 0 Å². The zero-order chi connectivity index (χ0) is 13.7. The Hall–Kier alpha value is -1.62. The molecule has 2 amide bonds. The summed E-state index contributed by atoms with van der Waals surface area (Å²) < 4.78 is 13.2. The number of aryl methyl sites for hydroxylation is 1. The van der Waals surface area contributed by atoms with Crippen molar-refractivity contribution in [2.45, 2.75) is 31.7 Å². The van der Waals surface area contributed by atoms with Gasteiger partial charge in [-0.25, -0.2) is 9.18 Å². The number of fused-ring (bicyclic) bond motifs is 1. The van der Waals surface area contributed by atoms with Gasteiger partial charge in [0.05, 0.1) is 6.04 Å². The lowest BCUT2D eigenvalue weighted by molar-refractivity contribution is 0.233. The highest BCUT2D eigenvalue weighted by molar-refractivity contribution is 5.74. The van der Waals surface area contributed by atoms with Crippen LogP contribution in [-0.4, -0.2) is 24.3 Å². The van der Waals surface area contributed by atoms with E-state index < -0.39 is 0 Å². The van der Waals surface area contributed by atoms with E-state index >= 15 is 0 Å². The van der Waals surface area contributed by atoms with Crippen molar-refractivity contribution in [3.63, 3.8) is 0 Å². The maximum Gasteiger partial charge on any atom is 0.315 e. The number of benzene rings is 1. The molecule has 19 heavy (non-hydrogen) atoms. The quantitative estimate of drug-likeness (QED) is 0.729. The van der Waals surface area contributed by atoms with Crippen LogP contribution in [0.4, 0.5) is 9.18 Å². The van der Waals surface area contributed by atoms with E-state index in [0.29, 0.717) is 13.0 Å². The monoisotopic (exact) mass is 266 g/mol. The van der Waals surface area contributed by atoms with Gasteiger partial charge in [0.25, 0.3) is 0 Å². The van der Waals surface area contributed by atoms with Gasteiger partial charge in [-0.05, 0) is 48.9 Å². The van der Waals surface area contributed by atoms with Gasteiger partial charge < -0.3 is 15.7 Å². The van der Waals surface area contributed by atoms with Gasteiger partial charge in [-0.15, -0.1) is 0 Å². The summed E-state index contributed by atoms with van der Waals surface area (Å²) in [6, 6.07) is 4.44. The summed E-state index contributed by atoms with van der Waals surface area (Å²) in [5, 5.41) is 14.2. The minimum absolute atomic E-state index is 0.0570. The van der Waals surface area contributed by atoms with Crippen LogP contribution in [0.25, 0.3) is 0 Å². The molecule has 0 aliphatic heterocycles. The highest BCUT2D eigenvalue weighted by atomic mass is 19.1. The van der Waals surface area contributed by atoms with E-state index in [2.05, 4.69) is 10.6 Å². The number of hydrogen-bond donors (Lipinski definition) is 3. The fourth-order valence-electron chi connectivity index (χ4n) is 2.42. The summed E-state index contributed by atoms with van der Waals surface area (Å²) in [5.41, 5.74) is 1.98. The first kappa shape index (κ1) is 13.8. The van der Waals surface area contributed by atoms with Crippen molar-refractivity contribution in [3.05, 3.63) is 35.1 Å². The number of aliphatic hydroxyl groups excluding tert-OH is 1. The van der Waals surface area contributed by atoms with Crippen LogP contribution in [0.5, 0.6) is 0 Å². The van der Waals surface area contributed by atoms with Gasteiger partial charge in [-0.2, -0.15) is 0 Å². The van der Waals surface area contributed by atoms with Crippen molar-refractivity contribution in [1.82, 2.24) is 10.6 Å². The summed E-state index contributed by atoms with van der Waals surface area (Å²) in [7, 11) is 0. The molecule has 0 bridgehead atoms. The number of rotatable bonds is 4. The number of halogens is 1. The molecule has 0 fully saturated rings. The molecule has 1 aliphatic rings. The molecular weight excluding hydrogens is 247 g/mol. The molecule has 104 valence electrons. The zero-order valence-corrected chi connectivity index (χ0v) is 10.8. The van der Waals surface area contributed by atoms with Gasteiger partial charge in [0.2, 0.25) is 0 Å². The normalized spacial score (nSPS) is 17.7.